The number of hydrogen-bond acceptors (Lipinski definition) is 5. The molecule has 118 valence electrons. The number of hydrogen-bond donors (Lipinski definition) is 0. The molecule has 0 saturated heterocycles. The lowest BCUT2D eigenvalue weighted by atomic mass is 9.85. The molecule has 0 amide bonds. The van der Waals surface area contributed by atoms with Crippen LogP contribution in [0.4, 0.5) is 0 Å². The molecule has 1 saturated carbocycles. The molecule has 5 nitrogen and oxygen atoms in total. The van der Waals surface area contributed by atoms with Gasteiger partial charge in [0.1, 0.15) is 16.9 Å². The van der Waals surface area contributed by atoms with Gasteiger partial charge in [0.15, 0.2) is 0 Å². The number of benzene rings is 1. The Labute approximate surface area is 130 Å². The van der Waals surface area contributed by atoms with Crippen molar-refractivity contribution in [2.24, 2.45) is 4.99 Å². The summed E-state index contributed by atoms with van der Waals surface area (Å²) in [7, 11) is 2.89. The average Bonchev–Trinajstić information content (AvgIpc) is 2.97. The predicted molar refractivity (Wildman–Crippen MR) is 82.6 cm³/mol. The summed E-state index contributed by atoms with van der Waals surface area (Å²) in [5.74, 6) is 0.681. The van der Waals surface area contributed by atoms with Gasteiger partial charge in [-0.25, -0.2) is 9.79 Å². The molecule has 1 aromatic carbocycles. The lowest BCUT2D eigenvalue weighted by Crippen LogP contribution is -2.35. The second kappa shape index (κ2) is 5.99. The molecule has 2 aliphatic rings. The van der Waals surface area contributed by atoms with Crippen molar-refractivity contribution in [3.63, 3.8) is 0 Å². The van der Waals surface area contributed by atoms with E-state index in [1.54, 1.807) is 12.1 Å². The fourth-order valence-electron chi connectivity index (χ4n) is 3.20. The third kappa shape index (κ3) is 2.67. The highest BCUT2D eigenvalue weighted by atomic mass is 16.5. The largest absolute Gasteiger partial charge is 0.496 e. The fraction of sp³-hybridized carbons (Fsp3) is 0.529. The summed E-state index contributed by atoms with van der Waals surface area (Å²) in [5.41, 5.74) is 1.06. The maximum absolute atomic E-state index is 11.9. The van der Waals surface area contributed by atoms with Crippen LogP contribution in [-0.2, 0) is 9.47 Å². The maximum atomic E-state index is 11.9. The first-order chi connectivity index (χ1) is 10.7. The van der Waals surface area contributed by atoms with E-state index in [1.807, 2.05) is 6.07 Å². The van der Waals surface area contributed by atoms with Crippen LogP contribution in [0.5, 0.6) is 5.75 Å². The summed E-state index contributed by atoms with van der Waals surface area (Å²) < 4.78 is 16.2. The van der Waals surface area contributed by atoms with Crippen molar-refractivity contribution < 1.29 is 19.0 Å². The van der Waals surface area contributed by atoms with E-state index < -0.39 is 5.97 Å². The van der Waals surface area contributed by atoms with Crippen molar-refractivity contribution in [3.05, 3.63) is 29.3 Å². The molecule has 1 aliphatic heterocycles. The highest BCUT2D eigenvalue weighted by Crippen LogP contribution is 2.36. The van der Waals surface area contributed by atoms with Crippen LogP contribution in [0.1, 0.15) is 48.0 Å². The molecule has 1 aliphatic carbocycles. The van der Waals surface area contributed by atoms with E-state index in [0.29, 0.717) is 23.8 Å². The van der Waals surface area contributed by atoms with Crippen LogP contribution in [0.3, 0.4) is 0 Å². The van der Waals surface area contributed by atoms with Crippen molar-refractivity contribution in [3.8, 4) is 5.75 Å². The van der Waals surface area contributed by atoms with Gasteiger partial charge >= 0.3 is 5.97 Å². The molecule has 0 aromatic heterocycles. The number of esters is 1. The molecule has 1 heterocycles. The van der Waals surface area contributed by atoms with Crippen molar-refractivity contribution in [2.75, 3.05) is 20.8 Å². The molecule has 0 radical (unpaired) electrons. The highest BCUT2D eigenvalue weighted by Gasteiger charge is 2.39. The van der Waals surface area contributed by atoms with Gasteiger partial charge in [0.05, 0.1) is 20.8 Å². The molecule has 0 atom stereocenters. The van der Waals surface area contributed by atoms with Gasteiger partial charge in [-0.1, -0.05) is 6.42 Å². The number of carbonyl (C=O) groups excluding carboxylic acids is 1. The van der Waals surface area contributed by atoms with Crippen LogP contribution in [0.15, 0.2) is 23.2 Å². The molecule has 0 N–H and O–H groups in total. The smallest absolute Gasteiger partial charge is 0.341 e. The van der Waals surface area contributed by atoms with Crippen LogP contribution < -0.4 is 4.74 Å². The molecule has 0 unspecified atom stereocenters. The Balaban J connectivity index is 1.85. The van der Waals surface area contributed by atoms with Crippen LogP contribution in [0, 0.1) is 0 Å². The summed E-state index contributed by atoms with van der Waals surface area (Å²) in [6.07, 6.45) is 5.77. The van der Waals surface area contributed by atoms with Crippen LogP contribution in [0.2, 0.25) is 0 Å². The number of rotatable bonds is 3. The van der Waals surface area contributed by atoms with Gasteiger partial charge in [0.2, 0.25) is 5.90 Å². The third-order valence-corrected chi connectivity index (χ3v) is 4.44. The minimum atomic E-state index is -0.426. The Hall–Kier alpha value is -2.04. The normalized spacial score (nSPS) is 19.5. The summed E-state index contributed by atoms with van der Waals surface area (Å²) in [5, 5.41) is 0. The molecule has 3 rings (SSSR count). The Morgan fingerprint density at radius 1 is 1.23 bits per heavy atom. The molecule has 1 aromatic rings. The number of ether oxygens (including phenoxy) is 3. The molecule has 1 fully saturated rings. The van der Waals surface area contributed by atoms with Crippen molar-refractivity contribution in [2.45, 2.75) is 37.7 Å². The van der Waals surface area contributed by atoms with E-state index in [2.05, 4.69) is 4.99 Å². The zero-order valence-corrected chi connectivity index (χ0v) is 13.1. The van der Waals surface area contributed by atoms with Gasteiger partial charge in [-0.3, -0.25) is 0 Å². The summed E-state index contributed by atoms with van der Waals surface area (Å²) in [6, 6.07) is 5.34. The SMILES string of the molecule is COC(=O)c1cc(C2=NCC3(CCCCC3)O2)ccc1OC. The number of carbonyl (C=O) groups is 1. The summed E-state index contributed by atoms with van der Waals surface area (Å²) in [4.78, 5) is 16.4. The molecular weight excluding hydrogens is 282 g/mol. The van der Waals surface area contributed by atoms with E-state index in [1.165, 1.54) is 33.5 Å². The zero-order valence-electron chi connectivity index (χ0n) is 13.1. The molecular formula is C17H21NO4. The second-order valence-corrected chi connectivity index (χ2v) is 5.87. The average molecular weight is 303 g/mol. The Kier molecular flexibility index (Phi) is 4.05. The maximum Gasteiger partial charge on any atom is 0.341 e. The lowest BCUT2D eigenvalue weighted by Gasteiger charge is -2.32. The monoisotopic (exact) mass is 303 g/mol. The fourth-order valence-corrected chi connectivity index (χ4v) is 3.20. The minimum Gasteiger partial charge on any atom is -0.496 e. The zero-order chi connectivity index (χ0) is 15.6. The van der Waals surface area contributed by atoms with Crippen LogP contribution in [0.25, 0.3) is 0 Å². The van der Waals surface area contributed by atoms with Gasteiger partial charge in [0, 0.05) is 5.56 Å². The Morgan fingerprint density at radius 2 is 2.00 bits per heavy atom. The molecule has 1 spiro atoms. The minimum absolute atomic E-state index is 0.126. The van der Waals surface area contributed by atoms with E-state index in [9.17, 15) is 4.79 Å². The van der Waals surface area contributed by atoms with E-state index in [-0.39, 0.29) is 5.60 Å². The van der Waals surface area contributed by atoms with Crippen LogP contribution >= 0.6 is 0 Å². The number of aliphatic imine (C=N–C) groups is 1. The predicted octanol–water partition coefficient (Wildman–Crippen LogP) is 2.96. The summed E-state index contributed by atoms with van der Waals surface area (Å²) in [6.45, 7) is 0.710. The molecule has 5 heteroatoms. The molecule has 0 bridgehead atoms. The van der Waals surface area contributed by atoms with E-state index in [4.69, 9.17) is 14.2 Å². The Bertz CT molecular complexity index is 603. The first-order valence-corrected chi connectivity index (χ1v) is 7.68. The summed E-state index contributed by atoms with van der Waals surface area (Å²) >= 11 is 0. The van der Waals surface area contributed by atoms with Gasteiger partial charge in [-0.2, -0.15) is 0 Å². The first-order valence-electron chi connectivity index (χ1n) is 7.68. The van der Waals surface area contributed by atoms with Crippen molar-refractivity contribution in [1.82, 2.24) is 0 Å². The molecule has 22 heavy (non-hydrogen) atoms. The van der Waals surface area contributed by atoms with E-state index in [0.717, 1.165) is 18.4 Å². The quantitative estimate of drug-likeness (QED) is 0.806. The topological polar surface area (TPSA) is 57.1 Å². The third-order valence-electron chi connectivity index (χ3n) is 4.44. The Morgan fingerprint density at radius 3 is 2.68 bits per heavy atom. The van der Waals surface area contributed by atoms with Gasteiger partial charge in [-0.15, -0.1) is 0 Å². The van der Waals surface area contributed by atoms with Crippen LogP contribution in [-0.4, -0.2) is 38.2 Å². The second-order valence-electron chi connectivity index (χ2n) is 5.87. The number of methoxy groups -OCH3 is 2. The van der Waals surface area contributed by atoms with Crippen molar-refractivity contribution in [1.29, 1.82) is 0 Å². The van der Waals surface area contributed by atoms with Gasteiger partial charge < -0.3 is 14.2 Å². The van der Waals surface area contributed by atoms with E-state index >= 15 is 0 Å². The standard InChI is InChI=1S/C17H21NO4/c1-20-14-7-6-12(10-13(14)16(19)21-2)15-18-11-17(22-15)8-4-3-5-9-17/h6-7,10H,3-5,8-9,11H2,1-2H3. The van der Waals surface area contributed by atoms with Gasteiger partial charge in [-0.05, 0) is 43.9 Å². The lowest BCUT2D eigenvalue weighted by molar-refractivity contribution is 0.0474. The highest BCUT2D eigenvalue weighted by molar-refractivity contribution is 6.00. The number of nitrogens with zero attached hydrogens (tertiary/aromatic N) is 1. The first kappa shape index (κ1) is 14.9. The van der Waals surface area contributed by atoms with Crippen molar-refractivity contribution >= 4 is 11.9 Å². The van der Waals surface area contributed by atoms with Gasteiger partial charge in [0.25, 0.3) is 0 Å².